The van der Waals surface area contributed by atoms with E-state index in [4.69, 9.17) is 12.2 Å². The highest BCUT2D eigenvalue weighted by Crippen LogP contribution is 2.30. The highest BCUT2D eigenvalue weighted by atomic mass is 32.2. The van der Waals surface area contributed by atoms with E-state index < -0.39 is 0 Å². The van der Waals surface area contributed by atoms with E-state index in [0.717, 1.165) is 35.8 Å². The van der Waals surface area contributed by atoms with E-state index in [-0.39, 0.29) is 0 Å². The predicted octanol–water partition coefficient (Wildman–Crippen LogP) is 5.08. The van der Waals surface area contributed by atoms with Gasteiger partial charge in [-0.05, 0) is 75.3 Å². The van der Waals surface area contributed by atoms with Gasteiger partial charge in [0.25, 0.3) is 0 Å². The average Bonchev–Trinajstić information content (AvgIpc) is 2.68. The largest absolute Gasteiger partial charge is 0.349 e. The highest BCUT2D eigenvalue weighted by molar-refractivity contribution is 7.98. The van der Waals surface area contributed by atoms with Crippen LogP contribution in [0.25, 0.3) is 0 Å². The lowest BCUT2D eigenvalue weighted by atomic mass is 9.84. The van der Waals surface area contributed by atoms with E-state index in [1.54, 1.807) is 11.8 Å². The van der Waals surface area contributed by atoms with Crippen LogP contribution in [0.4, 0.5) is 5.69 Å². The van der Waals surface area contributed by atoms with Crippen molar-refractivity contribution >= 4 is 34.8 Å². The number of piperidine rings is 1. The summed E-state index contributed by atoms with van der Waals surface area (Å²) < 4.78 is 0. The van der Waals surface area contributed by atoms with Crippen molar-refractivity contribution < 1.29 is 0 Å². The molecule has 1 aromatic rings. The lowest BCUT2D eigenvalue weighted by molar-refractivity contribution is 0.0691. The van der Waals surface area contributed by atoms with Gasteiger partial charge in [-0.1, -0.05) is 25.8 Å². The minimum absolute atomic E-state index is 0.708. The molecule has 1 N–H and O–H groups in total. The summed E-state index contributed by atoms with van der Waals surface area (Å²) in [6.07, 6.45) is 10.1. The maximum atomic E-state index is 5.68. The SMILES string of the molecule is CSc1cccc(NC(=S)N2CCC(N(C)[C@H]3CCCC[C@@H]3C)CC2)c1. The van der Waals surface area contributed by atoms with Crippen molar-refractivity contribution in [1.82, 2.24) is 9.80 Å². The van der Waals surface area contributed by atoms with Crippen LogP contribution in [0.2, 0.25) is 0 Å². The Labute approximate surface area is 168 Å². The topological polar surface area (TPSA) is 18.5 Å². The summed E-state index contributed by atoms with van der Waals surface area (Å²) >= 11 is 7.44. The monoisotopic (exact) mass is 391 g/mol. The molecule has 2 fully saturated rings. The van der Waals surface area contributed by atoms with Crippen molar-refractivity contribution in [1.29, 1.82) is 0 Å². The molecule has 0 radical (unpaired) electrons. The van der Waals surface area contributed by atoms with Crippen molar-refractivity contribution in [2.75, 3.05) is 31.7 Å². The normalized spacial score (nSPS) is 24.7. The van der Waals surface area contributed by atoms with E-state index in [1.807, 2.05) is 0 Å². The van der Waals surface area contributed by atoms with E-state index in [1.165, 1.54) is 43.4 Å². The number of thiocarbonyl (C=S) groups is 1. The first-order valence-corrected chi connectivity index (χ1v) is 11.6. The Morgan fingerprint density at radius 3 is 2.62 bits per heavy atom. The number of hydrogen-bond donors (Lipinski definition) is 1. The van der Waals surface area contributed by atoms with Gasteiger partial charge >= 0.3 is 0 Å². The molecule has 0 spiro atoms. The third kappa shape index (κ3) is 4.93. The van der Waals surface area contributed by atoms with Crippen LogP contribution in [0, 0.1) is 5.92 Å². The lowest BCUT2D eigenvalue weighted by Gasteiger charge is -2.44. The number of likely N-dealkylation sites (tertiary alicyclic amines) is 1. The molecule has 2 aliphatic rings. The Hall–Kier alpha value is -0.780. The third-order valence-electron chi connectivity index (χ3n) is 6.24. The second kappa shape index (κ2) is 9.43. The number of nitrogens with one attached hydrogen (secondary N) is 1. The van der Waals surface area contributed by atoms with Gasteiger partial charge in [0.15, 0.2) is 5.11 Å². The fraction of sp³-hybridized carbons (Fsp3) is 0.667. The average molecular weight is 392 g/mol. The van der Waals surface area contributed by atoms with Gasteiger partial charge in [-0.15, -0.1) is 11.8 Å². The maximum absolute atomic E-state index is 5.68. The Balaban J connectivity index is 1.50. The quantitative estimate of drug-likeness (QED) is 0.568. The zero-order chi connectivity index (χ0) is 18.5. The van der Waals surface area contributed by atoms with Crippen molar-refractivity contribution in [2.45, 2.75) is 62.4 Å². The van der Waals surface area contributed by atoms with Crippen molar-refractivity contribution in [3.8, 4) is 0 Å². The lowest BCUT2D eigenvalue weighted by Crippen LogP contribution is -2.51. The molecule has 0 aromatic heterocycles. The van der Waals surface area contributed by atoms with Gasteiger partial charge in [-0.2, -0.15) is 0 Å². The molecular formula is C21H33N3S2. The van der Waals surface area contributed by atoms with Crippen LogP contribution in [0.1, 0.15) is 45.4 Å². The van der Waals surface area contributed by atoms with Crippen LogP contribution < -0.4 is 5.32 Å². The fourth-order valence-electron chi connectivity index (χ4n) is 4.55. The number of nitrogens with zero attached hydrogens (tertiary/aromatic N) is 2. The van der Waals surface area contributed by atoms with E-state index in [0.29, 0.717) is 6.04 Å². The Kier molecular flexibility index (Phi) is 7.24. The second-order valence-corrected chi connectivity index (χ2v) is 9.14. The minimum atomic E-state index is 0.708. The molecule has 0 bridgehead atoms. The summed E-state index contributed by atoms with van der Waals surface area (Å²) in [5.41, 5.74) is 1.09. The Bertz CT molecular complexity index is 599. The predicted molar refractivity (Wildman–Crippen MR) is 118 cm³/mol. The molecule has 1 aromatic carbocycles. The van der Waals surface area contributed by atoms with Crippen LogP contribution in [-0.2, 0) is 0 Å². The van der Waals surface area contributed by atoms with Crippen LogP contribution in [0.3, 0.4) is 0 Å². The molecule has 26 heavy (non-hydrogen) atoms. The fourth-order valence-corrected chi connectivity index (χ4v) is 5.31. The minimum Gasteiger partial charge on any atom is -0.349 e. The zero-order valence-corrected chi connectivity index (χ0v) is 18.0. The molecule has 1 saturated carbocycles. The molecule has 1 aliphatic heterocycles. The molecule has 2 atom stereocenters. The number of benzene rings is 1. The van der Waals surface area contributed by atoms with Gasteiger partial charge in [0, 0.05) is 35.8 Å². The summed E-state index contributed by atoms with van der Waals surface area (Å²) in [5.74, 6) is 0.846. The van der Waals surface area contributed by atoms with Crippen molar-refractivity contribution in [2.24, 2.45) is 5.92 Å². The highest BCUT2D eigenvalue weighted by Gasteiger charge is 2.31. The number of rotatable bonds is 4. The summed E-state index contributed by atoms with van der Waals surface area (Å²) in [7, 11) is 2.36. The first-order chi connectivity index (χ1) is 12.6. The van der Waals surface area contributed by atoms with Gasteiger partial charge in [0.05, 0.1) is 0 Å². The van der Waals surface area contributed by atoms with Gasteiger partial charge < -0.3 is 15.1 Å². The standard InChI is InChI=1S/C21H33N3S2/c1-16-7-4-5-10-20(16)23(2)18-11-13-24(14-12-18)21(25)22-17-8-6-9-19(15-17)26-3/h6,8-9,15-16,18,20H,4-5,7,10-14H2,1-3H3,(H,22,25)/t16-,20-/m0/s1. The zero-order valence-electron chi connectivity index (χ0n) is 16.4. The van der Waals surface area contributed by atoms with Gasteiger partial charge in [-0.25, -0.2) is 0 Å². The van der Waals surface area contributed by atoms with E-state index in [2.05, 4.69) is 59.6 Å². The molecule has 3 rings (SSSR count). The summed E-state index contributed by atoms with van der Waals surface area (Å²) in [6.45, 7) is 4.56. The number of anilines is 1. The summed E-state index contributed by atoms with van der Waals surface area (Å²) in [5, 5.41) is 4.30. The first-order valence-electron chi connectivity index (χ1n) is 10.0. The van der Waals surface area contributed by atoms with Gasteiger partial charge in [0.1, 0.15) is 0 Å². The summed E-state index contributed by atoms with van der Waals surface area (Å²) in [4.78, 5) is 6.30. The molecule has 1 heterocycles. The molecule has 0 amide bonds. The summed E-state index contributed by atoms with van der Waals surface area (Å²) in [6, 6.07) is 9.97. The van der Waals surface area contributed by atoms with Gasteiger partial charge in [0.2, 0.25) is 0 Å². The van der Waals surface area contributed by atoms with Crippen LogP contribution in [0.5, 0.6) is 0 Å². The van der Waals surface area contributed by atoms with E-state index in [9.17, 15) is 0 Å². The Morgan fingerprint density at radius 2 is 1.92 bits per heavy atom. The van der Waals surface area contributed by atoms with Crippen molar-refractivity contribution in [3.63, 3.8) is 0 Å². The van der Waals surface area contributed by atoms with Crippen LogP contribution in [0.15, 0.2) is 29.2 Å². The Morgan fingerprint density at radius 1 is 1.19 bits per heavy atom. The second-order valence-electron chi connectivity index (χ2n) is 7.87. The number of hydrogen-bond acceptors (Lipinski definition) is 3. The molecule has 144 valence electrons. The van der Waals surface area contributed by atoms with Gasteiger partial charge in [-0.3, -0.25) is 0 Å². The van der Waals surface area contributed by atoms with Crippen LogP contribution in [-0.4, -0.2) is 53.4 Å². The molecular weight excluding hydrogens is 358 g/mol. The molecule has 1 saturated heterocycles. The number of thioether (sulfide) groups is 1. The third-order valence-corrected chi connectivity index (χ3v) is 7.32. The molecule has 1 aliphatic carbocycles. The van der Waals surface area contributed by atoms with E-state index >= 15 is 0 Å². The smallest absolute Gasteiger partial charge is 0.173 e. The molecule has 5 heteroatoms. The molecule has 3 nitrogen and oxygen atoms in total. The maximum Gasteiger partial charge on any atom is 0.173 e. The van der Waals surface area contributed by atoms with Crippen molar-refractivity contribution in [3.05, 3.63) is 24.3 Å². The molecule has 0 unspecified atom stereocenters. The van der Waals surface area contributed by atoms with Crippen LogP contribution >= 0.6 is 24.0 Å². The first kappa shape index (κ1) is 20.0.